The topological polar surface area (TPSA) is 91.4 Å². The highest BCUT2D eigenvalue weighted by molar-refractivity contribution is 7.80. The molecule has 102 valence electrons. The van der Waals surface area contributed by atoms with Crippen LogP contribution in [-0.2, 0) is 6.42 Å². The second kappa shape index (κ2) is 5.31. The molecule has 2 aromatic heterocycles. The molecule has 0 amide bonds. The summed E-state index contributed by atoms with van der Waals surface area (Å²) < 4.78 is 0. The summed E-state index contributed by atoms with van der Waals surface area (Å²) in [6.07, 6.45) is 2.13. The molecule has 21 heavy (non-hydrogen) atoms. The van der Waals surface area contributed by atoms with Gasteiger partial charge in [0.2, 0.25) is 0 Å². The van der Waals surface area contributed by atoms with Gasteiger partial charge in [0, 0.05) is 29.3 Å². The molecule has 0 radical (unpaired) electrons. The fraction of sp³-hybridized carbons (Fsp3) is 0.0667. The first-order valence-corrected chi connectivity index (χ1v) is 6.70. The number of nitrogens with two attached hydrogens (primary N) is 1. The Hall–Kier alpha value is -2.78. The van der Waals surface area contributed by atoms with Crippen LogP contribution < -0.4 is 5.73 Å². The summed E-state index contributed by atoms with van der Waals surface area (Å²) >= 11 is 4.95. The molecule has 0 aliphatic rings. The monoisotopic (exact) mass is 293 g/mol. The lowest BCUT2D eigenvalue weighted by atomic mass is 10.0. The standard InChI is InChI=1S/C15H11N5S/c16-8-10-2-1-5-18-15(10)9-3-4-12-11(6-9)13(20-19-12)7-14(17)21/h1-6H,7H2,(H2,17,21)(H,19,20). The van der Waals surface area contributed by atoms with Crippen molar-refractivity contribution >= 4 is 28.1 Å². The number of H-pyrrole nitrogens is 1. The summed E-state index contributed by atoms with van der Waals surface area (Å²) in [7, 11) is 0. The Balaban J connectivity index is 2.16. The quantitative estimate of drug-likeness (QED) is 0.723. The third-order valence-corrected chi connectivity index (χ3v) is 3.33. The van der Waals surface area contributed by atoms with E-state index in [0.717, 1.165) is 22.2 Å². The molecule has 6 heteroatoms. The van der Waals surface area contributed by atoms with Crippen molar-refractivity contribution in [1.82, 2.24) is 15.2 Å². The average Bonchev–Trinajstić information content (AvgIpc) is 2.89. The van der Waals surface area contributed by atoms with Gasteiger partial charge in [-0.3, -0.25) is 10.1 Å². The van der Waals surface area contributed by atoms with E-state index in [1.54, 1.807) is 18.3 Å². The summed E-state index contributed by atoms with van der Waals surface area (Å²) in [5, 5.41) is 17.3. The second-order valence-corrected chi connectivity index (χ2v) is 5.11. The first-order valence-electron chi connectivity index (χ1n) is 6.30. The normalized spacial score (nSPS) is 10.4. The highest BCUT2D eigenvalue weighted by Crippen LogP contribution is 2.26. The van der Waals surface area contributed by atoms with Gasteiger partial charge in [0.25, 0.3) is 0 Å². The molecule has 0 saturated heterocycles. The van der Waals surface area contributed by atoms with E-state index in [0.29, 0.717) is 22.7 Å². The Morgan fingerprint density at radius 1 is 1.38 bits per heavy atom. The van der Waals surface area contributed by atoms with Crippen LogP contribution in [0.25, 0.3) is 22.2 Å². The van der Waals surface area contributed by atoms with E-state index in [9.17, 15) is 5.26 Å². The van der Waals surface area contributed by atoms with Crippen molar-refractivity contribution in [2.24, 2.45) is 5.73 Å². The van der Waals surface area contributed by atoms with Crippen LogP contribution in [-0.4, -0.2) is 20.2 Å². The minimum atomic E-state index is 0.404. The lowest BCUT2D eigenvalue weighted by Crippen LogP contribution is -2.11. The van der Waals surface area contributed by atoms with Crippen molar-refractivity contribution in [3.8, 4) is 17.3 Å². The predicted octanol–water partition coefficient (Wildman–Crippen LogP) is 2.33. The molecule has 3 aromatic rings. The third-order valence-electron chi connectivity index (χ3n) is 3.19. The number of fused-ring (bicyclic) bond motifs is 1. The average molecular weight is 293 g/mol. The number of rotatable bonds is 3. The zero-order valence-electron chi connectivity index (χ0n) is 11.0. The van der Waals surface area contributed by atoms with E-state index in [-0.39, 0.29) is 0 Å². The van der Waals surface area contributed by atoms with Crippen LogP contribution in [0.3, 0.4) is 0 Å². The number of hydrogen-bond acceptors (Lipinski definition) is 4. The van der Waals surface area contributed by atoms with Gasteiger partial charge in [-0.25, -0.2) is 0 Å². The molecule has 3 N–H and O–H groups in total. The number of pyridine rings is 1. The van der Waals surface area contributed by atoms with Crippen molar-refractivity contribution in [3.63, 3.8) is 0 Å². The van der Waals surface area contributed by atoms with Crippen LogP contribution in [0.1, 0.15) is 11.3 Å². The van der Waals surface area contributed by atoms with Crippen LogP contribution in [0.2, 0.25) is 0 Å². The van der Waals surface area contributed by atoms with E-state index in [1.165, 1.54) is 0 Å². The van der Waals surface area contributed by atoms with E-state index >= 15 is 0 Å². The largest absolute Gasteiger partial charge is 0.393 e. The lowest BCUT2D eigenvalue weighted by Gasteiger charge is -2.03. The summed E-state index contributed by atoms with van der Waals surface area (Å²) in [6.45, 7) is 0. The number of nitriles is 1. The zero-order valence-corrected chi connectivity index (χ0v) is 11.8. The summed E-state index contributed by atoms with van der Waals surface area (Å²) in [5.41, 5.74) is 9.36. The Morgan fingerprint density at radius 2 is 2.24 bits per heavy atom. The molecular formula is C15H11N5S. The van der Waals surface area contributed by atoms with Crippen LogP contribution >= 0.6 is 12.2 Å². The highest BCUT2D eigenvalue weighted by Gasteiger charge is 2.11. The van der Waals surface area contributed by atoms with Crippen LogP contribution in [0.15, 0.2) is 36.5 Å². The van der Waals surface area contributed by atoms with Crippen molar-refractivity contribution in [2.75, 3.05) is 0 Å². The molecule has 0 fully saturated rings. The molecule has 0 spiro atoms. The first kappa shape index (κ1) is 13.2. The maximum Gasteiger partial charge on any atom is 0.101 e. The first-order chi connectivity index (χ1) is 10.2. The Morgan fingerprint density at radius 3 is 3.00 bits per heavy atom. The number of nitrogens with one attached hydrogen (secondary N) is 1. The summed E-state index contributed by atoms with van der Waals surface area (Å²) in [5.74, 6) is 0. The lowest BCUT2D eigenvalue weighted by molar-refractivity contribution is 1.04. The van der Waals surface area contributed by atoms with E-state index < -0.39 is 0 Å². The Labute approximate surface area is 126 Å². The summed E-state index contributed by atoms with van der Waals surface area (Å²) in [6, 6.07) is 11.4. The van der Waals surface area contributed by atoms with Gasteiger partial charge in [-0.05, 0) is 24.3 Å². The van der Waals surface area contributed by atoms with Crippen LogP contribution in [0, 0.1) is 11.3 Å². The van der Waals surface area contributed by atoms with Gasteiger partial charge in [0.1, 0.15) is 6.07 Å². The number of benzene rings is 1. The zero-order chi connectivity index (χ0) is 14.8. The number of aromatic amines is 1. The maximum atomic E-state index is 9.18. The van der Waals surface area contributed by atoms with E-state index in [1.807, 2.05) is 18.2 Å². The Kier molecular flexibility index (Phi) is 3.34. The van der Waals surface area contributed by atoms with E-state index in [4.69, 9.17) is 18.0 Å². The van der Waals surface area contributed by atoms with Gasteiger partial charge in [-0.15, -0.1) is 0 Å². The van der Waals surface area contributed by atoms with Crippen molar-refractivity contribution in [2.45, 2.75) is 6.42 Å². The summed E-state index contributed by atoms with van der Waals surface area (Å²) in [4.78, 5) is 4.70. The van der Waals surface area contributed by atoms with Gasteiger partial charge in [-0.2, -0.15) is 10.4 Å². The molecule has 0 aliphatic carbocycles. The molecule has 0 atom stereocenters. The van der Waals surface area contributed by atoms with E-state index in [2.05, 4.69) is 21.3 Å². The van der Waals surface area contributed by atoms with Crippen LogP contribution in [0.5, 0.6) is 0 Å². The van der Waals surface area contributed by atoms with Crippen molar-refractivity contribution in [1.29, 1.82) is 5.26 Å². The minimum Gasteiger partial charge on any atom is -0.393 e. The minimum absolute atomic E-state index is 0.404. The van der Waals surface area contributed by atoms with Crippen LogP contribution in [0.4, 0.5) is 0 Å². The maximum absolute atomic E-state index is 9.18. The molecule has 0 unspecified atom stereocenters. The van der Waals surface area contributed by atoms with Crippen molar-refractivity contribution < 1.29 is 0 Å². The Bertz CT molecular complexity index is 875. The number of aromatic nitrogens is 3. The van der Waals surface area contributed by atoms with Gasteiger partial charge in [0.05, 0.1) is 21.8 Å². The van der Waals surface area contributed by atoms with Gasteiger partial charge in [0.15, 0.2) is 0 Å². The predicted molar refractivity (Wildman–Crippen MR) is 84.5 cm³/mol. The second-order valence-electron chi connectivity index (χ2n) is 4.59. The smallest absolute Gasteiger partial charge is 0.101 e. The SMILES string of the molecule is N#Cc1cccnc1-c1ccc2n[nH]c(CC(N)=S)c2c1. The fourth-order valence-electron chi connectivity index (χ4n) is 2.25. The number of nitrogens with zero attached hydrogens (tertiary/aromatic N) is 3. The molecule has 3 rings (SSSR count). The fourth-order valence-corrected chi connectivity index (χ4v) is 2.39. The highest BCUT2D eigenvalue weighted by atomic mass is 32.1. The van der Waals surface area contributed by atoms with Gasteiger partial charge >= 0.3 is 0 Å². The number of hydrogen-bond donors (Lipinski definition) is 2. The molecule has 0 bridgehead atoms. The van der Waals surface area contributed by atoms with Gasteiger partial charge in [-0.1, -0.05) is 18.3 Å². The molecule has 5 nitrogen and oxygen atoms in total. The third kappa shape index (κ3) is 2.47. The van der Waals surface area contributed by atoms with Crippen molar-refractivity contribution in [3.05, 3.63) is 47.8 Å². The molecule has 2 heterocycles. The van der Waals surface area contributed by atoms with Gasteiger partial charge < -0.3 is 5.73 Å². The molecule has 0 saturated carbocycles. The molecular weight excluding hydrogens is 282 g/mol. The molecule has 1 aromatic carbocycles. The number of thiocarbonyl (C=S) groups is 1. The molecule has 0 aliphatic heterocycles.